The third kappa shape index (κ3) is 3.27. The lowest BCUT2D eigenvalue weighted by Crippen LogP contribution is -2.29. The quantitative estimate of drug-likeness (QED) is 0.695. The first kappa shape index (κ1) is 17.5. The van der Waals surface area contributed by atoms with Crippen LogP contribution in [0.25, 0.3) is 11.2 Å². The zero-order chi connectivity index (χ0) is 18.8. The molecule has 1 aliphatic rings. The highest BCUT2D eigenvalue weighted by Gasteiger charge is 2.30. The molecule has 0 bridgehead atoms. The third-order valence-corrected chi connectivity index (χ3v) is 5.15. The van der Waals surface area contributed by atoms with Gasteiger partial charge in [-0.15, -0.1) is 0 Å². The number of hydrogen-bond acceptors (Lipinski definition) is 4. The summed E-state index contributed by atoms with van der Waals surface area (Å²) in [6.45, 7) is 3.59. The molecule has 0 unspecified atom stereocenters. The van der Waals surface area contributed by atoms with Gasteiger partial charge in [0.25, 0.3) is 5.91 Å². The van der Waals surface area contributed by atoms with E-state index in [1.807, 2.05) is 47.5 Å². The number of aromatic nitrogens is 3. The summed E-state index contributed by atoms with van der Waals surface area (Å²) in [7, 11) is 1.62. The molecule has 0 spiro atoms. The number of likely N-dealkylation sites (tertiary alicyclic amines) is 1. The highest BCUT2D eigenvalue weighted by Crippen LogP contribution is 2.29. The summed E-state index contributed by atoms with van der Waals surface area (Å²) in [5.74, 6) is 1.88. The summed E-state index contributed by atoms with van der Waals surface area (Å²) in [5.41, 5.74) is 2.55. The second-order valence-electron chi connectivity index (χ2n) is 6.92. The molecule has 0 saturated carbocycles. The molecule has 140 valence electrons. The molecule has 1 saturated heterocycles. The van der Waals surface area contributed by atoms with Gasteiger partial charge in [0.05, 0.1) is 13.2 Å². The molecule has 6 heteroatoms. The summed E-state index contributed by atoms with van der Waals surface area (Å²) in [5, 5.41) is 0. The molecule has 1 aliphatic heterocycles. The van der Waals surface area contributed by atoms with Crippen LogP contribution in [0, 0.1) is 0 Å². The average Bonchev–Trinajstić information content (AvgIpc) is 3.32. The summed E-state index contributed by atoms with van der Waals surface area (Å²) >= 11 is 0. The number of pyridine rings is 1. The predicted octanol–water partition coefficient (Wildman–Crippen LogP) is 3.48. The van der Waals surface area contributed by atoms with E-state index in [1.54, 1.807) is 7.11 Å². The lowest BCUT2D eigenvalue weighted by atomic mass is 10.2. The lowest BCUT2D eigenvalue weighted by Gasteiger charge is -2.19. The van der Waals surface area contributed by atoms with Crippen LogP contribution in [-0.4, -0.2) is 45.5 Å². The Bertz CT molecular complexity index is 948. The first-order valence-corrected chi connectivity index (χ1v) is 9.46. The van der Waals surface area contributed by atoms with Crippen molar-refractivity contribution in [2.24, 2.45) is 0 Å². The van der Waals surface area contributed by atoms with Crippen LogP contribution in [0.1, 0.15) is 42.0 Å². The fourth-order valence-electron chi connectivity index (χ4n) is 3.81. The van der Waals surface area contributed by atoms with Crippen molar-refractivity contribution < 1.29 is 9.53 Å². The Morgan fingerprint density at radius 1 is 1.26 bits per heavy atom. The van der Waals surface area contributed by atoms with E-state index < -0.39 is 0 Å². The number of fused-ring (bicyclic) bond motifs is 1. The van der Waals surface area contributed by atoms with Crippen LogP contribution in [0.3, 0.4) is 0 Å². The largest absolute Gasteiger partial charge is 0.497 e. The van der Waals surface area contributed by atoms with E-state index in [-0.39, 0.29) is 11.9 Å². The van der Waals surface area contributed by atoms with Crippen molar-refractivity contribution >= 4 is 17.1 Å². The summed E-state index contributed by atoms with van der Waals surface area (Å²) in [6.07, 6.45) is 4.68. The SMILES string of the molecule is CCCc1nc2cccnc2n1[C@H]1CCN(C(=O)c2ccc(OC)cc2)C1. The van der Waals surface area contributed by atoms with Gasteiger partial charge >= 0.3 is 0 Å². The normalized spacial score (nSPS) is 16.8. The van der Waals surface area contributed by atoms with Crippen molar-refractivity contribution in [2.75, 3.05) is 20.2 Å². The Labute approximate surface area is 158 Å². The maximum Gasteiger partial charge on any atom is 0.253 e. The number of amides is 1. The minimum atomic E-state index is 0.0644. The molecule has 0 N–H and O–H groups in total. The number of methoxy groups -OCH3 is 1. The van der Waals surface area contributed by atoms with Crippen LogP contribution < -0.4 is 4.74 Å². The van der Waals surface area contributed by atoms with E-state index >= 15 is 0 Å². The van der Waals surface area contributed by atoms with Crippen molar-refractivity contribution in [1.29, 1.82) is 0 Å². The third-order valence-electron chi connectivity index (χ3n) is 5.15. The van der Waals surface area contributed by atoms with E-state index in [0.29, 0.717) is 12.1 Å². The second kappa shape index (κ2) is 7.39. The molecule has 3 aromatic rings. The molecule has 4 rings (SSSR count). The van der Waals surface area contributed by atoms with E-state index in [1.165, 1.54) is 0 Å². The van der Waals surface area contributed by atoms with E-state index in [9.17, 15) is 4.79 Å². The smallest absolute Gasteiger partial charge is 0.253 e. The number of nitrogens with zero attached hydrogens (tertiary/aromatic N) is 4. The highest BCUT2D eigenvalue weighted by molar-refractivity contribution is 5.94. The number of hydrogen-bond donors (Lipinski definition) is 0. The monoisotopic (exact) mass is 364 g/mol. The van der Waals surface area contributed by atoms with Gasteiger partial charge in [0.15, 0.2) is 5.65 Å². The molecular weight excluding hydrogens is 340 g/mol. The van der Waals surface area contributed by atoms with E-state index in [0.717, 1.165) is 48.5 Å². The van der Waals surface area contributed by atoms with E-state index in [4.69, 9.17) is 9.72 Å². The van der Waals surface area contributed by atoms with Gasteiger partial charge in [-0.3, -0.25) is 4.79 Å². The Hall–Kier alpha value is -2.89. The highest BCUT2D eigenvalue weighted by atomic mass is 16.5. The van der Waals surface area contributed by atoms with Crippen LogP contribution in [0.4, 0.5) is 0 Å². The van der Waals surface area contributed by atoms with Crippen LogP contribution in [0.15, 0.2) is 42.6 Å². The summed E-state index contributed by atoms with van der Waals surface area (Å²) in [4.78, 5) is 24.1. The zero-order valence-electron chi connectivity index (χ0n) is 15.8. The van der Waals surface area contributed by atoms with Crippen LogP contribution in [0.2, 0.25) is 0 Å². The van der Waals surface area contributed by atoms with Gasteiger partial charge < -0.3 is 14.2 Å². The van der Waals surface area contributed by atoms with Crippen LogP contribution >= 0.6 is 0 Å². The molecule has 3 heterocycles. The standard InChI is InChI=1S/C21H24N4O2/c1-3-5-19-23-18-6-4-12-22-20(18)25(19)16-11-13-24(14-16)21(26)15-7-9-17(27-2)10-8-15/h4,6-10,12,16H,3,5,11,13-14H2,1-2H3/t16-/m0/s1. The molecule has 2 aromatic heterocycles. The molecule has 1 aromatic carbocycles. The Morgan fingerprint density at radius 2 is 2.07 bits per heavy atom. The first-order valence-electron chi connectivity index (χ1n) is 9.46. The molecule has 6 nitrogen and oxygen atoms in total. The average molecular weight is 364 g/mol. The molecule has 27 heavy (non-hydrogen) atoms. The first-order chi connectivity index (χ1) is 13.2. The number of carbonyl (C=O) groups excluding carboxylic acids is 1. The topological polar surface area (TPSA) is 60.2 Å². The molecular formula is C21H24N4O2. The number of imidazole rings is 1. The lowest BCUT2D eigenvalue weighted by molar-refractivity contribution is 0.0787. The fourth-order valence-corrected chi connectivity index (χ4v) is 3.81. The van der Waals surface area contributed by atoms with Gasteiger partial charge in [-0.05, 0) is 49.2 Å². The van der Waals surface area contributed by atoms with Gasteiger partial charge in [0.1, 0.15) is 17.1 Å². The van der Waals surface area contributed by atoms with Crippen LogP contribution in [-0.2, 0) is 6.42 Å². The Morgan fingerprint density at radius 3 is 2.81 bits per heavy atom. The van der Waals surface area contributed by atoms with Crippen molar-refractivity contribution in [3.8, 4) is 5.75 Å². The second-order valence-corrected chi connectivity index (χ2v) is 6.92. The number of rotatable bonds is 5. The number of aryl methyl sites for hydroxylation is 1. The van der Waals surface area contributed by atoms with Crippen LogP contribution in [0.5, 0.6) is 5.75 Å². The predicted molar refractivity (Wildman–Crippen MR) is 104 cm³/mol. The molecule has 1 fully saturated rings. The van der Waals surface area contributed by atoms with Gasteiger partial charge in [-0.2, -0.15) is 0 Å². The maximum atomic E-state index is 12.9. The minimum Gasteiger partial charge on any atom is -0.497 e. The van der Waals surface area contributed by atoms with Gasteiger partial charge in [0.2, 0.25) is 0 Å². The molecule has 0 aliphatic carbocycles. The summed E-state index contributed by atoms with van der Waals surface area (Å²) < 4.78 is 7.43. The fraction of sp³-hybridized carbons (Fsp3) is 0.381. The molecule has 0 radical (unpaired) electrons. The van der Waals surface area contributed by atoms with Gasteiger partial charge in [-0.1, -0.05) is 6.92 Å². The molecule has 1 atom stereocenters. The number of carbonyl (C=O) groups is 1. The van der Waals surface area contributed by atoms with Crippen molar-refractivity contribution in [3.05, 3.63) is 54.0 Å². The van der Waals surface area contributed by atoms with Crippen molar-refractivity contribution in [2.45, 2.75) is 32.2 Å². The summed E-state index contributed by atoms with van der Waals surface area (Å²) in [6, 6.07) is 11.4. The molecule has 1 amide bonds. The minimum absolute atomic E-state index is 0.0644. The van der Waals surface area contributed by atoms with Crippen molar-refractivity contribution in [1.82, 2.24) is 19.4 Å². The number of ether oxygens (including phenoxy) is 1. The Kier molecular flexibility index (Phi) is 4.79. The number of benzene rings is 1. The van der Waals surface area contributed by atoms with Crippen molar-refractivity contribution in [3.63, 3.8) is 0 Å². The van der Waals surface area contributed by atoms with Gasteiger partial charge in [-0.25, -0.2) is 9.97 Å². The van der Waals surface area contributed by atoms with E-state index in [2.05, 4.69) is 16.5 Å². The maximum absolute atomic E-state index is 12.9. The zero-order valence-corrected chi connectivity index (χ0v) is 15.8. The Balaban J connectivity index is 1.58. The van der Waals surface area contributed by atoms with Gasteiger partial charge in [0, 0.05) is 31.3 Å².